The lowest BCUT2D eigenvalue weighted by atomic mass is 10.0. The fourth-order valence-electron chi connectivity index (χ4n) is 4.25. The van der Waals surface area contributed by atoms with Crippen LogP contribution in [0.2, 0.25) is 0 Å². The molecule has 35 heavy (non-hydrogen) atoms. The topological polar surface area (TPSA) is 67.2 Å². The van der Waals surface area contributed by atoms with E-state index in [1.165, 1.54) is 11.9 Å². The predicted octanol–water partition coefficient (Wildman–Crippen LogP) is 4.15. The Balaban J connectivity index is 1.38. The van der Waals surface area contributed by atoms with E-state index < -0.39 is 29.0 Å². The average molecular weight is 484 g/mol. The Morgan fingerprint density at radius 2 is 1.80 bits per heavy atom. The molecule has 0 spiro atoms. The molecule has 0 radical (unpaired) electrons. The van der Waals surface area contributed by atoms with Crippen LogP contribution in [0, 0.1) is 5.82 Å². The van der Waals surface area contributed by atoms with Gasteiger partial charge in [0.15, 0.2) is 5.82 Å². The van der Waals surface area contributed by atoms with Crippen LogP contribution in [0.4, 0.5) is 23.4 Å². The van der Waals surface area contributed by atoms with Crippen molar-refractivity contribution in [1.29, 1.82) is 0 Å². The second-order valence-electron chi connectivity index (χ2n) is 8.48. The average Bonchev–Trinajstić information content (AvgIpc) is 3.23. The van der Waals surface area contributed by atoms with Crippen LogP contribution in [0.3, 0.4) is 0 Å². The smallest absolute Gasteiger partial charge is 0.350 e. The van der Waals surface area contributed by atoms with Crippen molar-refractivity contribution in [2.45, 2.75) is 12.2 Å². The minimum absolute atomic E-state index is 0.341. The summed E-state index contributed by atoms with van der Waals surface area (Å²) < 4.78 is 55.2. The van der Waals surface area contributed by atoms with E-state index in [1.54, 1.807) is 10.9 Å². The van der Waals surface area contributed by atoms with Gasteiger partial charge >= 0.3 is 6.18 Å². The van der Waals surface area contributed by atoms with E-state index in [0.717, 1.165) is 28.5 Å². The lowest BCUT2D eigenvalue weighted by Crippen LogP contribution is -2.60. The maximum absolute atomic E-state index is 13.4. The number of carbonyl (C=O) groups is 1. The minimum Gasteiger partial charge on any atom is -0.350 e. The number of fused-ring (bicyclic) bond motifs is 1. The zero-order valence-electron chi connectivity index (χ0n) is 18.8. The van der Waals surface area contributed by atoms with Gasteiger partial charge in [0.05, 0.1) is 23.4 Å². The first-order valence-corrected chi connectivity index (χ1v) is 10.8. The summed E-state index contributed by atoms with van der Waals surface area (Å²) >= 11 is 0. The van der Waals surface area contributed by atoms with E-state index in [2.05, 4.69) is 15.3 Å². The van der Waals surface area contributed by atoms with Crippen molar-refractivity contribution in [2.24, 2.45) is 7.05 Å². The summed E-state index contributed by atoms with van der Waals surface area (Å²) in [5, 5.41) is 14.8. The minimum atomic E-state index is -4.84. The van der Waals surface area contributed by atoms with Gasteiger partial charge in [-0.25, -0.2) is 4.39 Å². The maximum atomic E-state index is 13.4. The normalized spacial score (nSPS) is 14.3. The molecule has 1 saturated heterocycles. The van der Waals surface area contributed by atoms with Gasteiger partial charge in [-0.05, 0) is 18.2 Å². The van der Waals surface area contributed by atoms with Crippen LogP contribution in [0.5, 0.6) is 0 Å². The van der Waals surface area contributed by atoms with E-state index in [-0.39, 0.29) is 6.04 Å². The molecule has 4 aromatic rings. The van der Waals surface area contributed by atoms with Crippen LogP contribution in [-0.2, 0) is 13.2 Å². The lowest BCUT2D eigenvalue weighted by Gasteiger charge is -2.44. The zero-order chi connectivity index (χ0) is 24.9. The summed E-state index contributed by atoms with van der Waals surface area (Å²) in [5.41, 5.74) is -0.341. The van der Waals surface area contributed by atoms with Gasteiger partial charge in [-0.2, -0.15) is 18.3 Å². The molecule has 180 valence electrons. The second kappa shape index (κ2) is 8.33. The summed E-state index contributed by atoms with van der Waals surface area (Å²) in [4.78, 5) is 16.1. The van der Waals surface area contributed by atoms with E-state index in [9.17, 15) is 22.4 Å². The number of hydrogen-bond donors (Lipinski definition) is 0. The fraction of sp³-hybridized carbons (Fsp3) is 0.250. The maximum Gasteiger partial charge on any atom is 0.417 e. The third-order valence-corrected chi connectivity index (χ3v) is 6.19. The Labute approximate surface area is 197 Å². The van der Waals surface area contributed by atoms with Crippen molar-refractivity contribution in [3.63, 3.8) is 0 Å². The zero-order valence-corrected chi connectivity index (χ0v) is 18.8. The van der Waals surface area contributed by atoms with Crippen LogP contribution in [-0.4, -0.2) is 57.0 Å². The van der Waals surface area contributed by atoms with Gasteiger partial charge in [0.25, 0.3) is 5.91 Å². The summed E-state index contributed by atoms with van der Waals surface area (Å²) in [7, 11) is 3.26. The first-order valence-electron chi connectivity index (χ1n) is 10.8. The highest BCUT2D eigenvalue weighted by Gasteiger charge is 2.39. The highest BCUT2D eigenvalue weighted by Crippen LogP contribution is 2.35. The molecular weight excluding hydrogens is 464 g/mol. The van der Waals surface area contributed by atoms with Gasteiger partial charge in [0, 0.05) is 49.7 Å². The monoisotopic (exact) mass is 484 g/mol. The number of carbonyl (C=O) groups excluding carboxylic acids is 1. The molecule has 5 rings (SSSR count). The summed E-state index contributed by atoms with van der Waals surface area (Å²) in [5.74, 6) is -1.24. The first kappa shape index (κ1) is 22.8. The van der Waals surface area contributed by atoms with Gasteiger partial charge in [0.2, 0.25) is 0 Å². The lowest BCUT2D eigenvalue weighted by molar-refractivity contribution is -0.138. The molecule has 3 heterocycles. The molecule has 2 aromatic heterocycles. The van der Waals surface area contributed by atoms with Gasteiger partial charge in [-0.15, -0.1) is 10.2 Å². The van der Waals surface area contributed by atoms with Crippen molar-refractivity contribution < 1.29 is 22.4 Å². The van der Waals surface area contributed by atoms with Gasteiger partial charge < -0.3 is 9.80 Å². The number of hydrogen-bond acceptors (Lipinski definition) is 5. The Morgan fingerprint density at radius 1 is 1.09 bits per heavy atom. The Bertz CT molecular complexity index is 1430. The van der Waals surface area contributed by atoms with Gasteiger partial charge in [-0.1, -0.05) is 24.3 Å². The SMILES string of the molecule is CN(C(=O)c1ccc(F)cc1C(F)(F)F)C1CN(c2nnc(-c3cnn(C)c3)c3ccccc23)C1. The van der Waals surface area contributed by atoms with Crippen molar-refractivity contribution in [2.75, 3.05) is 25.0 Å². The van der Waals surface area contributed by atoms with Crippen molar-refractivity contribution in [3.05, 3.63) is 71.8 Å². The Morgan fingerprint density at radius 3 is 2.46 bits per heavy atom. The van der Waals surface area contributed by atoms with Crippen molar-refractivity contribution in [3.8, 4) is 11.3 Å². The third kappa shape index (κ3) is 4.07. The molecule has 11 heteroatoms. The molecule has 0 aliphatic carbocycles. The molecule has 1 fully saturated rings. The molecule has 1 aliphatic heterocycles. The van der Waals surface area contributed by atoms with Crippen LogP contribution >= 0.6 is 0 Å². The predicted molar refractivity (Wildman–Crippen MR) is 121 cm³/mol. The standard InChI is InChI=1S/C24H20F4N6O/c1-32-11-14(10-29-32)21-17-5-3-4-6-18(17)22(31-30-21)34-12-16(13-34)33(2)23(35)19-8-7-15(25)9-20(19)24(26,27)28/h3-11,16H,12-13H2,1-2H3. The number of aromatic nitrogens is 4. The quantitative estimate of drug-likeness (QED) is 0.407. The largest absolute Gasteiger partial charge is 0.417 e. The highest BCUT2D eigenvalue weighted by atomic mass is 19.4. The summed E-state index contributed by atoms with van der Waals surface area (Å²) in [6.07, 6.45) is -1.29. The highest BCUT2D eigenvalue weighted by molar-refractivity contribution is 6.00. The first-order chi connectivity index (χ1) is 16.6. The number of aryl methyl sites for hydroxylation is 1. The van der Waals surface area contributed by atoms with Crippen molar-refractivity contribution >= 4 is 22.5 Å². The number of alkyl halides is 3. The van der Waals surface area contributed by atoms with E-state index in [4.69, 9.17) is 0 Å². The molecular formula is C24H20F4N6O. The molecule has 0 N–H and O–H groups in total. The van der Waals surface area contributed by atoms with E-state index in [1.807, 2.05) is 42.4 Å². The molecule has 7 nitrogen and oxygen atoms in total. The molecule has 1 aliphatic rings. The van der Waals surface area contributed by atoms with Crippen LogP contribution in [0.1, 0.15) is 15.9 Å². The van der Waals surface area contributed by atoms with Crippen LogP contribution in [0.25, 0.3) is 22.0 Å². The summed E-state index contributed by atoms with van der Waals surface area (Å²) in [6.45, 7) is 0.741. The number of benzene rings is 2. The fourth-order valence-corrected chi connectivity index (χ4v) is 4.25. The number of halogens is 4. The third-order valence-electron chi connectivity index (χ3n) is 6.19. The number of anilines is 1. The summed E-state index contributed by atoms with van der Waals surface area (Å²) in [6, 6.07) is 9.40. The second-order valence-corrected chi connectivity index (χ2v) is 8.48. The molecule has 0 atom stereocenters. The molecule has 0 unspecified atom stereocenters. The molecule has 0 saturated carbocycles. The molecule has 2 aromatic carbocycles. The number of nitrogens with zero attached hydrogens (tertiary/aromatic N) is 6. The Kier molecular flexibility index (Phi) is 5.42. The van der Waals surface area contributed by atoms with E-state index >= 15 is 0 Å². The van der Waals surface area contributed by atoms with Crippen LogP contribution < -0.4 is 4.90 Å². The Hall–Kier alpha value is -4.02. The number of likely N-dealkylation sites (N-methyl/N-ethyl adjacent to an activating group) is 1. The molecule has 0 bridgehead atoms. The number of rotatable bonds is 4. The van der Waals surface area contributed by atoms with Crippen molar-refractivity contribution in [1.82, 2.24) is 24.9 Å². The molecule has 1 amide bonds. The van der Waals surface area contributed by atoms with Gasteiger partial charge in [0.1, 0.15) is 11.5 Å². The van der Waals surface area contributed by atoms with Gasteiger partial charge in [-0.3, -0.25) is 9.48 Å². The van der Waals surface area contributed by atoms with Crippen LogP contribution in [0.15, 0.2) is 54.9 Å². The van der Waals surface area contributed by atoms with E-state index in [0.29, 0.717) is 30.7 Å². The number of amides is 1.